The van der Waals surface area contributed by atoms with Crippen LogP contribution in [-0.2, 0) is 11.2 Å². The van der Waals surface area contributed by atoms with Gasteiger partial charge < -0.3 is 11.1 Å². The molecule has 3 N–H and O–H groups in total. The second-order valence-corrected chi connectivity index (χ2v) is 5.47. The number of hydrogen-bond acceptors (Lipinski definition) is 2. The molecule has 0 bridgehead atoms. The van der Waals surface area contributed by atoms with Crippen LogP contribution >= 0.6 is 11.6 Å². The first kappa shape index (κ1) is 16.1. The molecule has 114 valence electrons. The van der Waals surface area contributed by atoms with Crippen molar-refractivity contribution in [3.63, 3.8) is 0 Å². The number of amides is 1. The van der Waals surface area contributed by atoms with E-state index in [1.807, 2.05) is 31.2 Å². The normalized spacial score (nSPS) is 10.9. The number of halogens is 1. The molecule has 2 rings (SSSR count). The topological polar surface area (TPSA) is 55.1 Å². The average molecular weight is 315 g/mol. The Morgan fingerprint density at radius 2 is 2.09 bits per heavy atom. The van der Waals surface area contributed by atoms with Crippen LogP contribution in [0.2, 0.25) is 5.02 Å². The molecule has 0 heterocycles. The van der Waals surface area contributed by atoms with Gasteiger partial charge in [0.25, 0.3) is 0 Å². The van der Waals surface area contributed by atoms with Crippen molar-refractivity contribution >= 4 is 35.0 Å². The molecule has 0 aromatic heterocycles. The van der Waals surface area contributed by atoms with Gasteiger partial charge in [-0.1, -0.05) is 42.8 Å². The van der Waals surface area contributed by atoms with Crippen LogP contribution in [0.25, 0.3) is 6.08 Å². The minimum Gasteiger partial charge on any atom is -0.398 e. The lowest BCUT2D eigenvalue weighted by atomic mass is 10.1. The van der Waals surface area contributed by atoms with E-state index in [0.717, 1.165) is 28.8 Å². The van der Waals surface area contributed by atoms with Gasteiger partial charge >= 0.3 is 0 Å². The van der Waals surface area contributed by atoms with E-state index in [9.17, 15) is 4.79 Å². The standard InChI is InChI=1S/C18H19ClN2O/c1-3-14-6-4-5-12(2)18(14)21-17(22)10-8-13-7-9-15(19)16(20)11-13/h4-11H,3,20H2,1-2H3,(H,21,22)/b10-8+. The highest BCUT2D eigenvalue weighted by Gasteiger charge is 2.06. The zero-order chi connectivity index (χ0) is 16.1. The van der Waals surface area contributed by atoms with Gasteiger partial charge in [0.1, 0.15) is 0 Å². The number of anilines is 2. The average Bonchev–Trinajstić information content (AvgIpc) is 2.50. The second kappa shape index (κ2) is 7.14. The minimum atomic E-state index is -0.169. The van der Waals surface area contributed by atoms with E-state index in [2.05, 4.69) is 12.2 Å². The van der Waals surface area contributed by atoms with Gasteiger partial charge in [0, 0.05) is 11.8 Å². The molecule has 0 saturated carbocycles. The van der Waals surface area contributed by atoms with Crippen molar-refractivity contribution < 1.29 is 4.79 Å². The molecule has 0 radical (unpaired) electrons. The van der Waals surface area contributed by atoms with Gasteiger partial charge in [-0.15, -0.1) is 0 Å². The molecule has 1 amide bonds. The van der Waals surface area contributed by atoms with E-state index in [1.165, 1.54) is 6.08 Å². The Kier molecular flexibility index (Phi) is 5.23. The summed E-state index contributed by atoms with van der Waals surface area (Å²) in [7, 11) is 0. The summed E-state index contributed by atoms with van der Waals surface area (Å²) in [5.74, 6) is -0.169. The van der Waals surface area contributed by atoms with Crippen molar-refractivity contribution in [2.75, 3.05) is 11.1 Å². The first-order valence-electron chi connectivity index (χ1n) is 7.14. The summed E-state index contributed by atoms with van der Waals surface area (Å²) in [5, 5.41) is 3.45. The van der Waals surface area contributed by atoms with Crippen LogP contribution in [-0.4, -0.2) is 5.91 Å². The molecule has 0 aliphatic rings. The van der Waals surface area contributed by atoms with Crippen molar-refractivity contribution in [1.82, 2.24) is 0 Å². The summed E-state index contributed by atoms with van der Waals surface area (Å²) >= 11 is 5.87. The quantitative estimate of drug-likeness (QED) is 0.647. The highest BCUT2D eigenvalue weighted by Crippen LogP contribution is 2.22. The molecular formula is C18H19ClN2O. The summed E-state index contributed by atoms with van der Waals surface area (Å²) in [6.07, 6.45) is 4.08. The number of para-hydroxylation sites is 1. The predicted octanol–water partition coefficient (Wildman–Crippen LogP) is 4.44. The Morgan fingerprint density at radius 1 is 1.32 bits per heavy atom. The summed E-state index contributed by atoms with van der Waals surface area (Å²) in [4.78, 5) is 12.1. The number of nitrogens with one attached hydrogen (secondary N) is 1. The first-order valence-corrected chi connectivity index (χ1v) is 7.51. The largest absolute Gasteiger partial charge is 0.398 e. The van der Waals surface area contributed by atoms with Crippen LogP contribution in [0.3, 0.4) is 0 Å². The van der Waals surface area contributed by atoms with Crippen LogP contribution in [0.4, 0.5) is 11.4 Å². The molecule has 0 aliphatic carbocycles. The third-order valence-corrected chi connectivity index (χ3v) is 3.78. The van der Waals surface area contributed by atoms with Crippen LogP contribution < -0.4 is 11.1 Å². The van der Waals surface area contributed by atoms with Gasteiger partial charge in [-0.2, -0.15) is 0 Å². The molecule has 0 aliphatic heterocycles. The zero-order valence-corrected chi connectivity index (χ0v) is 13.4. The SMILES string of the molecule is CCc1cccc(C)c1NC(=O)/C=C/c1ccc(Cl)c(N)c1. The lowest BCUT2D eigenvalue weighted by Gasteiger charge is -2.11. The number of nitrogens with two attached hydrogens (primary N) is 1. The Balaban J connectivity index is 2.13. The predicted molar refractivity (Wildman–Crippen MR) is 94.1 cm³/mol. The van der Waals surface area contributed by atoms with Gasteiger partial charge in [-0.05, 0) is 48.2 Å². The molecule has 22 heavy (non-hydrogen) atoms. The van der Waals surface area contributed by atoms with Crippen molar-refractivity contribution in [3.8, 4) is 0 Å². The first-order chi connectivity index (χ1) is 10.5. The van der Waals surface area contributed by atoms with E-state index in [1.54, 1.807) is 18.2 Å². The van der Waals surface area contributed by atoms with Crippen LogP contribution in [0.1, 0.15) is 23.6 Å². The minimum absolute atomic E-state index is 0.169. The summed E-state index contributed by atoms with van der Waals surface area (Å²) < 4.78 is 0. The second-order valence-electron chi connectivity index (χ2n) is 5.07. The van der Waals surface area contributed by atoms with E-state index >= 15 is 0 Å². The molecular weight excluding hydrogens is 296 g/mol. The van der Waals surface area contributed by atoms with Gasteiger partial charge in [0.05, 0.1) is 10.7 Å². The molecule has 0 fully saturated rings. The van der Waals surface area contributed by atoms with Crippen LogP contribution in [0, 0.1) is 6.92 Å². The highest BCUT2D eigenvalue weighted by atomic mass is 35.5. The third-order valence-electron chi connectivity index (χ3n) is 3.44. The molecule has 0 atom stereocenters. The Bertz CT molecular complexity index is 723. The maximum Gasteiger partial charge on any atom is 0.248 e. The smallest absolute Gasteiger partial charge is 0.248 e. The number of nitrogen functional groups attached to an aromatic ring is 1. The lowest BCUT2D eigenvalue weighted by Crippen LogP contribution is -2.11. The lowest BCUT2D eigenvalue weighted by molar-refractivity contribution is -0.111. The van der Waals surface area contributed by atoms with E-state index < -0.39 is 0 Å². The summed E-state index contributed by atoms with van der Waals surface area (Å²) in [5.41, 5.74) is 10.1. The number of carbonyl (C=O) groups excluding carboxylic acids is 1. The van der Waals surface area contributed by atoms with E-state index in [4.69, 9.17) is 17.3 Å². The monoisotopic (exact) mass is 314 g/mol. The fraction of sp³-hybridized carbons (Fsp3) is 0.167. The van der Waals surface area contributed by atoms with Crippen LogP contribution in [0.15, 0.2) is 42.5 Å². The molecule has 3 nitrogen and oxygen atoms in total. The Labute approximate surface area is 135 Å². The van der Waals surface area contributed by atoms with Crippen molar-refractivity contribution in [2.45, 2.75) is 20.3 Å². The van der Waals surface area contributed by atoms with Gasteiger partial charge in [-0.3, -0.25) is 4.79 Å². The number of carbonyl (C=O) groups is 1. The summed E-state index contributed by atoms with van der Waals surface area (Å²) in [6, 6.07) is 11.3. The Morgan fingerprint density at radius 3 is 2.77 bits per heavy atom. The van der Waals surface area contributed by atoms with E-state index in [0.29, 0.717) is 10.7 Å². The molecule has 2 aromatic carbocycles. The molecule has 4 heteroatoms. The van der Waals surface area contributed by atoms with Gasteiger partial charge in [0.15, 0.2) is 0 Å². The number of benzene rings is 2. The molecule has 2 aromatic rings. The molecule has 0 unspecified atom stereocenters. The van der Waals surface area contributed by atoms with Crippen molar-refractivity contribution in [2.24, 2.45) is 0 Å². The molecule has 0 saturated heterocycles. The fourth-order valence-electron chi connectivity index (χ4n) is 2.20. The number of hydrogen-bond donors (Lipinski definition) is 2. The fourth-order valence-corrected chi connectivity index (χ4v) is 2.32. The third kappa shape index (κ3) is 3.89. The maximum absolute atomic E-state index is 12.1. The summed E-state index contributed by atoms with van der Waals surface area (Å²) in [6.45, 7) is 4.05. The van der Waals surface area contributed by atoms with Gasteiger partial charge in [0.2, 0.25) is 5.91 Å². The highest BCUT2D eigenvalue weighted by molar-refractivity contribution is 6.33. The van der Waals surface area contributed by atoms with Crippen molar-refractivity contribution in [3.05, 3.63) is 64.2 Å². The Hall–Kier alpha value is -2.26. The van der Waals surface area contributed by atoms with Gasteiger partial charge in [-0.25, -0.2) is 0 Å². The maximum atomic E-state index is 12.1. The zero-order valence-electron chi connectivity index (χ0n) is 12.7. The number of aryl methyl sites for hydroxylation is 2. The van der Waals surface area contributed by atoms with E-state index in [-0.39, 0.29) is 5.91 Å². The number of rotatable bonds is 4. The van der Waals surface area contributed by atoms with Crippen LogP contribution in [0.5, 0.6) is 0 Å². The van der Waals surface area contributed by atoms with Crippen molar-refractivity contribution in [1.29, 1.82) is 0 Å². The molecule has 0 spiro atoms.